The van der Waals surface area contributed by atoms with Crippen LogP contribution >= 0.6 is 23.1 Å². The van der Waals surface area contributed by atoms with Gasteiger partial charge in [-0.1, -0.05) is 109 Å². The highest BCUT2D eigenvalue weighted by molar-refractivity contribution is 7.99. The van der Waals surface area contributed by atoms with E-state index in [0.29, 0.717) is 0 Å². The lowest BCUT2D eigenvalue weighted by Gasteiger charge is -2.41. The molecule has 2 aromatic heterocycles. The Balaban J connectivity index is 1.25. The van der Waals surface area contributed by atoms with E-state index in [2.05, 4.69) is 144 Å². The summed E-state index contributed by atoms with van der Waals surface area (Å²) in [5.74, 6) is 0. The van der Waals surface area contributed by atoms with Gasteiger partial charge in [0, 0.05) is 46.4 Å². The van der Waals surface area contributed by atoms with Crippen molar-refractivity contribution in [2.75, 3.05) is 0 Å². The smallest absolute Gasteiger partial charge is 0.0732 e. The molecule has 3 aliphatic rings. The molecule has 8 aromatic rings. The molecule has 0 saturated carbocycles. The Hall–Kier alpha value is -4.83. The van der Waals surface area contributed by atoms with E-state index in [9.17, 15) is 0 Å². The first-order valence-corrected chi connectivity index (χ1v) is 17.7. The number of thiophene rings is 1. The number of para-hydroxylation sites is 1. The molecule has 1 spiro atoms. The molecule has 0 amide bonds. The summed E-state index contributed by atoms with van der Waals surface area (Å²) in [6, 6.07) is 48.2. The first-order valence-electron chi connectivity index (χ1n) is 16.1. The zero-order valence-electron chi connectivity index (χ0n) is 25.0. The van der Waals surface area contributed by atoms with Gasteiger partial charge in [-0.15, -0.1) is 11.3 Å². The SMILES string of the molecule is C1=CC2=C(CC1)c1ccccc1C21c2ccccc2Sc2cc3c(cc21)c1ccccc1n3-c1ccc2c(c1)sc1ccccc12. The summed E-state index contributed by atoms with van der Waals surface area (Å²) in [7, 11) is 0. The number of hydrogen-bond acceptors (Lipinski definition) is 2. The molecule has 46 heavy (non-hydrogen) atoms. The van der Waals surface area contributed by atoms with Crippen molar-refractivity contribution in [2.45, 2.75) is 28.0 Å². The third-order valence-corrected chi connectivity index (χ3v) is 12.8. The van der Waals surface area contributed by atoms with E-state index in [-0.39, 0.29) is 5.41 Å². The molecule has 0 saturated heterocycles. The van der Waals surface area contributed by atoms with Gasteiger partial charge in [-0.05, 0) is 88.7 Å². The average Bonchev–Trinajstić information content (AvgIpc) is 3.74. The van der Waals surface area contributed by atoms with E-state index in [0.717, 1.165) is 12.8 Å². The van der Waals surface area contributed by atoms with E-state index in [1.165, 1.54) is 90.9 Å². The zero-order valence-corrected chi connectivity index (χ0v) is 26.6. The van der Waals surface area contributed by atoms with Crippen LogP contribution in [0.3, 0.4) is 0 Å². The van der Waals surface area contributed by atoms with Crippen LogP contribution in [0.25, 0.3) is 53.2 Å². The summed E-state index contributed by atoms with van der Waals surface area (Å²) < 4.78 is 5.17. The fourth-order valence-electron chi connectivity index (χ4n) is 8.73. The van der Waals surface area contributed by atoms with Crippen molar-refractivity contribution in [2.24, 2.45) is 0 Å². The number of nitrogens with zero attached hydrogens (tertiary/aromatic N) is 1. The van der Waals surface area contributed by atoms with Gasteiger partial charge in [-0.25, -0.2) is 0 Å². The predicted octanol–water partition coefficient (Wildman–Crippen LogP) is 12.1. The van der Waals surface area contributed by atoms with Gasteiger partial charge in [0.25, 0.3) is 0 Å². The molecule has 3 heterocycles. The maximum absolute atomic E-state index is 2.56. The van der Waals surface area contributed by atoms with Crippen LogP contribution in [0.5, 0.6) is 0 Å². The molecule has 216 valence electrons. The van der Waals surface area contributed by atoms with Gasteiger partial charge in [-0.2, -0.15) is 0 Å². The van der Waals surface area contributed by atoms with Crippen LogP contribution in [-0.2, 0) is 5.41 Å². The van der Waals surface area contributed by atoms with Gasteiger partial charge >= 0.3 is 0 Å². The Morgan fingerprint density at radius 1 is 0.565 bits per heavy atom. The second-order valence-electron chi connectivity index (χ2n) is 12.7. The largest absolute Gasteiger partial charge is 0.309 e. The van der Waals surface area contributed by atoms with Crippen LogP contribution in [-0.4, -0.2) is 4.57 Å². The summed E-state index contributed by atoms with van der Waals surface area (Å²) in [5.41, 5.74) is 12.1. The molecule has 0 N–H and O–H groups in total. The minimum atomic E-state index is -0.326. The van der Waals surface area contributed by atoms with E-state index < -0.39 is 0 Å². The second kappa shape index (κ2) is 9.13. The van der Waals surface area contributed by atoms with E-state index in [1.807, 2.05) is 23.1 Å². The number of aromatic nitrogens is 1. The molecule has 2 aliphatic carbocycles. The van der Waals surface area contributed by atoms with Crippen molar-refractivity contribution < 1.29 is 0 Å². The number of hydrogen-bond donors (Lipinski definition) is 0. The van der Waals surface area contributed by atoms with Crippen molar-refractivity contribution in [3.63, 3.8) is 0 Å². The predicted molar refractivity (Wildman–Crippen MR) is 196 cm³/mol. The second-order valence-corrected chi connectivity index (χ2v) is 14.9. The van der Waals surface area contributed by atoms with E-state index in [1.54, 1.807) is 0 Å². The fourth-order valence-corrected chi connectivity index (χ4v) is 11.1. The third-order valence-electron chi connectivity index (χ3n) is 10.5. The van der Waals surface area contributed by atoms with E-state index >= 15 is 0 Å². The molecule has 11 rings (SSSR count). The van der Waals surface area contributed by atoms with Gasteiger partial charge in [0.05, 0.1) is 16.4 Å². The van der Waals surface area contributed by atoms with Crippen molar-refractivity contribution in [3.05, 3.63) is 167 Å². The summed E-state index contributed by atoms with van der Waals surface area (Å²) in [4.78, 5) is 2.70. The van der Waals surface area contributed by atoms with Crippen molar-refractivity contribution in [1.29, 1.82) is 0 Å². The molecule has 1 atom stereocenters. The van der Waals surface area contributed by atoms with Gasteiger partial charge < -0.3 is 4.57 Å². The molecular formula is C43H27NS2. The van der Waals surface area contributed by atoms with Crippen LogP contribution < -0.4 is 0 Å². The number of fused-ring (bicyclic) bond motifs is 14. The van der Waals surface area contributed by atoms with Crippen LogP contribution in [0.15, 0.2) is 155 Å². The number of rotatable bonds is 1. The standard InChI is InChI=1S/C43H27NS2/c1-5-15-33-27(11-1)28-12-2-6-16-34(28)43(33)35-17-7-10-20-40(35)46-42-25-38-32(24-36(42)43)29-13-3-8-18-37(29)44(38)26-21-22-31-30-14-4-9-19-39(30)45-41(31)23-26/h1,3-11,13-25H,2,12H2. The quantitative estimate of drug-likeness (QED) is 0.177. The van der Waals surface area contributed by atoms with Crippen molar-refractivity contribution >= 4 is 70.6 Å². The number of allylic oxidation sites excluding steroid dienone is 4. The highest BCUT2D eigenvalue weighted by Gasteiger charge is 2.51. The maximum atomic E-state index is 2.56. The molecule has 1 aliphatic heterocycles. The summed E-state index contributed by atoms with van der Waals surface area (Å²) >= 11 is 3.82. The minimum Gasteiger partial charge on any atom is -0.309 e. The summed E-state index contributed by atoms with van der Waals surface area (Å²) in [6.07, 6.45) is 7.04. The van der Waals surface area contributed by atoms with Crippen LogP contribution in [0.4, 0.5) is 0 Å². The normalized spacial score (nSPS) is 18.1. The number of benzene rings is 6. The van der Waals surface area contributed by atoms with Crippen molar-refractivity contribution in [3.8, 4) is 5.69 Å². The van der Waals surface area contributed by atoms with Crippen LogP contribution in [0.2, 0.25) is 0 Å². The monoisotopic (exact) mass is 621 g/mol. The molecule has 3 heteroatoms. The zero-order chi connectivity index (χ0) is 30.0. The minimum absolute atomic E-state index is 0.326. The Labute approximate surface area is 275 Å². The third kappa shape index (κ3) is 3.12. The Morgan fingerprint density at radius 3 is 2.30 bits per heavy atom. The fraction of sp³-hybridized carbons (Fsp3) is 0.0698. The molecule has 0 radical (unpaired) electrons. The Morgan fingerprint density at radius 2 is 1.35 bits per heavy atom. The van der Waals surface area contributed by atoms with Gasteiger partial charge in [0.1, 0.15) is 0 Å². The first kappa shape index (κ1) is 25.4. The van der Waals surface area contributed by atoms with E-state index in [4.69, 9.17) is 0 Å². The Bertz CT molecular complexity index is 2680. The Kier molecular flexibility index (Phi) is 5.03. The highest BCUT2D eigenvalue weighted by Crippen LogP contribution is 2.63. The van der Waals surface area contributed by atoms with Gasteiger partial charge in [0.15, 0.2) is 0 Å². The molecule has 0 fully saturated rings. The van der Waals surface area contributed by atoms with Crippen molar-refractivity contribution in [1.82, 2.24) is 4.57 Å². The lowest BCUT2D eigenvalue weighted by molar-refractivity contribution is 0.714. The van der Waals surface area contributed by atoms with Gasteiger partial charge in [0.2, 0.25) is 0 Å². The molecule has 1 nitrogen and oxygen atoms in total. The lowest BCUT2D eigenvalue weighted by Crippen LogP contribution is -2.32. The summed E-state index contributed by atoms with van der Waals surface area (Å²) in [6.45, 7) is 0. The molecule has 0 bridgehead atoms. The summed E-state index contributed by atoms with van der Waals surface area (Å²) in [5, 5.41) is 5.29. The highest BCUT2D eigenvalue weighted by atomic mass is 32.2. The molecule has 1 unspecified atom stereocenters. The topological polar surface area (TPSA) is 4.93 Å². The lowest BCUT2D eigenvalue weighted by atomic mass is 9.66. The van der Waals surface area contributed by atoms with Gasteiger partial charge in [-0.3, -0.25) is 0 Å². The first-order chi connectivity index (χ1) is 22.8. The maximum Gasteiger partial charge on any atom is 0.0732 e. The van der Waals surface area contributed by atoms with Crippen LogP contribution in [0, 0.1) is 0 Å². The van der Waals surface area contributed by atoms with Crippen LogP contribution in [0.1, 0.15) is 35.1 Å². The molecular weight excluding hydrogens is 595 g/mol. The average molecular weight is 622 g/mol. The molecule has 6 aromatic carbocycles.